The number of carbonyl (C=O) groups excluding carboxylic acids is 3. The van der Waals surface area contributed by atoms with E-state index in [1.54, 1.807) is 31.2 Å². The van der Waals surface area contributed by atoms with Crippen LogP contribution in [0.1, 0.15) is 6.92 Å². The fourth-order valence-electron chi connectivity index (χ4n) is 2.56. The molecule has 1 fully saturated rings. The molecule has 0 radical (unpaired) electrons. The molecule has 1 aliphatic rings. The Labute approximate surface area is 151 Å². The third kappa shape index (κ3) is 3.69. The second-order valence-electron chi connectivity index (χ2n) is 5.40. The third-order valence-electron chi connectivity index (χ3n) is 3.87. The fraction of sp³-hybridized carbons (Fsp3) is 0.278. The molecular formula is C18H21N3O5. The first kappa shape index (κ1) is 19.0. The summed E-state index contributed by atoms with van der Waals surface area (Å²) < 4.78 is 10.5. The average molecular weight is 359 g/mol. The zero-order valence-electron chi connectivity index (χ0n) is 14.9. The predicted molar refractivity (Wildman–Crippen MR) is 95.9 cm³/mol. The molecular weight excluding hydrogens is 338 g/mol. The SMILES string of the molecule is C=CCN1C(=O)NC(=O)[C@@H](/C(=C\C)Nc2ccc(OC)cc2OC)C1=O. The van der Waals surface area contributed by atoms with Gasteiger partial charge in [0.25, 0.3) is 0 Å². The van der Waals surface area contributed by atoms with Gasteiger partial charge in [-0.1, -0.05) is 12.2 Å². The van der Waals surface area contributed by atoms with Crippen LogP contribution in [0.3, 0.4) is 0 Å². The fourth-order valence-corrected chi connectivity index (χ4v) is 2.56. The van der Waals surface area contributed by atoms with E-state index in [1.165, 1.54) is 20.3 Å². The van der Waals surface area contributed by atoms with Crippen LogP contribution in [0.5, 0.6) is 11.5 Å². The molecule has 1 aromatic carbocycles. The van der Waals surface area contributed by atoms with Gasteiger partial charge in [-0.05, 0) is 19.1 Å². The van der Waals surface area contributed by atoms with Gasteiger partial charge in [-0.15, -0.1) is 6.58 Å². The Morgan fingerprint density at radius 1 is 1.31 bits per heavy atom. The van der Waals surface area contributed by atoms with Crippen LogP contribution in [-0.2, 0) is 9.59 Å². The van der Waals surface area contributed by atoms with Gasteiger partial charge in [-0.3, -0.25) is 19.8 Å². The summed E-state index contributed by atoms with van der Waals surface area (Å²) in [6.45, 7) is 5.22. The van der Waals surface area contributed by atoms with Crippen LogP contribution < -0.4 is 20.1 Å². The van der Waals surface area contributed by atoms with Gasteiger partial charge in [-0.2, -0.15) is 0 Å². The molecule has 0 saturated carbocycles. The molecule has 1 aliphatic heterocycles. The van der Waals surface area contributed by atoms with E-state index in [0.717, 1.165) is 4.90 Å². The maximum Gasteiger partial charge on any atom is 0.331 e. The highest BCUT2D eigenvalue weighted by atomic mass is 16.5. The number of hydrogen-bond donors (Lipinski definition) is 2. The molecule has 1 aromatic rings. The quantitative estimate of drug-likeness (QED) is 0.570. The van der Waals surface area contributed by atoms with Crippen molar-refractivity contribution in [3.8, 4) is 11.5 Å². The van der Waals surface area contributed by atoms with Crippen molar-refractivity contribution in [1.29, 1.82) is 0 Å². The second-order valence-corrected chi connectivity index (χ2v) is 5.40. The lowest BCUT2D eigenvalue weighted by Gasteiger charge is -2.31. The Morgan fingerprint density at radius 3 is 2.62 bits per heavy atom. The minimum Gasteiger partial charge on any atom is -0.497 e. The number of anilines is 1. The van der Waals surface area contributed by atoms with Crippen LogP contribution in [0.25, 0.3) is 0 Å². The van der Waals surface area contributed by atoms with E-state index >= 15 is 0 Å². The molecule has 0 unspecified atom stereocenters. The molecule has 0 aliphatic carbocycles. The summed E-state index contributed by atoms with van der Waals surface area (Å²) in [7, 11) is 3.04. The summed E-state index contributed by atoms with van der Waals surface area (Å²) in [6.07, 6.45) is 3.02. The molecule has 0 bridgehead atoms. The maximum atomic E-state index is 12.6. The Bertz CT molecular complexity index is 772. The molecule has 1 atom stereocenters. The number of carbonyl (C=O) groups is 3. The minimum atomic E-state index is -1.18. The topological polar surface area (TPSA) is 97.0 Å². The van der Waals surface area contributed by atoms with Crippen LogP contribution in [0.4, 0.5) is 10.5 Å². The van der Waals surface area contributed by atoms with Crippen molar-refractivity contribution in [1.82, 2.24) is 10.2 Å². The van der Waals surface area contributed by atoms with Crippen molar-refractivity contribution in [3.63, 3.8) is 0 Å². The number of imide groups is 2. The molecule has 0 spiro atoms. The number of benzene rings is 1. The van der Waals surface area contributed by atoms with Crippen molar-refractivity contribution in [3.05, 3.63) is 42.6 Å². The van der Waals surface area contributed by atoms with Gasteiger partial charge in [0, 0.05) is 18.3 Å². The number of nitrogens with one attached hydrogen (secondary N) is 2. The molecule has 1 saturated heterocycles. The standard InChI is InChI=1S/C18H21N3O5/c1-5-9-21-17(23)15(16(22)20-18(21)24)12(6-2)19-13-8-7-11(25-3)10-14(13)26-4/h5-8,10,15,19H,1,9H2,2-4H3,(H,20,22,24)/b12-6+/t15-/m1/s1. The molecule has 4 amide bonds. The normalized spacial score (nSPS) is 17.7. The first-order valence-electron chi connectivity index (χ1n) is 7.89. The summed E-state index contributed by atoms with van der Waals surface area (Å²) >= 11 is 0. The number of hydrogen-bond acceptors (Lipinski definition) is 6. The first-order valence-corrected chi connectivity index (χ1v) is 7.89. The monoisotopic (exact) mass is 359 g/mol. The second kappa shape index (κ2) is 8.19. The van der Waals surface area contributed by atoms with Crippen LogP contribution in [-0.4, -0.2) is 43.5 Å². The Hall–Kier alpha value is -3.29. The van der Waals surface area contributed by atoms with Crippen molar-refractivity contribution < 1.29 is 23.9 Å². The number of methoxy groups -OCH3 is 2. The summed E-state index contributed by atoms with van der Waals surface area (Å²) in [4.78, 5) is 37.7. The molecule has 2 N–H and O–H groups in total. The lowest BCUT2D eigenvalue weighted by atomic mass is 9.99. The zero-order chi connectivity index (χ0) is 19.3. The van der Waals surface area contributed by atoms with Crippen molar-refractivity contribution >= 4 is 23.5 Å². The molecule has 8 heteroatoms. The van der Waals surface area contributed by atoms with E-state index in [0.29, 0.717) is 22.9 Å². The van der Waals surface area contributed by atoms with Gasteiger partial charge in [0.1, 0.15) is 11.5 Å². The van der Waals surface area contributed by atoms with Gasteiger partial charge >= 0.3 is 6.03 Å². The van der Waals surface area contributed by atoms with Crippen molar-refractivity contribution in [2.24, 2.45) is 5.92 Å². The molecule has 2 rings (SSSR count). The maximum absolute atomic E-state index is 12.6. The molecule has 26 heavy (non-hydrogen) atoms. The summed E-state index contributed by atoms with van der Waals surface area (Å²) in [6, 6.07) is 4.34. The molecule has 8 nitrogen and oxygen atoms in total. The first-order chi connectivity index (χ1) is 12.5. The molecule has 1 heterocycles. The Morgan fingerprint density at radius 2 is 2.04 bits per heavy atom. The van der Waals surface area contributed by atoms with E-state index in [1.807, 2.05) is 0 Å². The highest BCUT2D eigenvalue weighted by Gasteiger charge is 2.42. The van der Waals surface area contributed by atoms with E-state index in [4.69, 9.17) is 9.47 Å². The van der Waals surface area contributed by atoms with E-state index in [-0.39, 0.29) is 6.54 Å². The summed E-state index contributed by atoms with van der Waals surface area (Å²) in [5.41, 5.74) is 0.881. The Kier molecular flexibility index (Phi) is 6.00. The number of barbiturate groups is 1. The summed E-state index contributed by atoms with van der Waals surface area (Å²) in [5.74, 6) is -1.40. The third-order valence-corrected chi connectivity index (χ3v) is 3.87. The zero-order valence-corrected chi connectivity index (χ0v) is 14.9. The van der Waals surface area contributed by atoms with Crippen LogP contribution >= 0.6 is 0 Å². The van der Waals surface area contributed by atoms with Gasteiger partial charge in [0.2, 0.25) is 11.8 Å². The predicted octanol–water partition coefficient (Wildman–Crippen LogP) is 1.90. The number of urea groups is 1. The van der Waals surface area contributed by atoms with Gasteiger partial charge in [-0.25, -0.2) is 4.79 Å². The van der Waals surface area contributed by atoms with E-state index < -0.39 is 23.8 Å². The van der Waals surface area contributed by atoms with Crippen LogP contribution in [0, 0.1) is 5.92 Å². The van der Waals surface area contributed by atoms with Gasteiger partial charge < -0.3 is 14.8 Å². The lowest BCUT2D eigenvalue weighted by molar-refractivity contribution is -0.140. The number of amides is 4. The largest absolute Gasteiger partial charge is 0.497 e. The lowest BCUT2D eigenvalue weighted by Crippen LogP contribution is -2.58. The van der Waals surface area contributed by atoms with Crippen molar-refractivity contribution in [2.75, 3.05) is 26.1 Å². The Balaban J connectivity index is 2.33. The number of allylic oxidation sites excluding steroid dienone is 1. The van der Waals surface area contributed by atoms with Gasteiger partial charge in [0.05, 0.1) is 19.9 Å². The number of ether oxygens (including phenoxy) is 2. The van der Waals surface area contributed by atoms with Crippen LogP contribution in [0.2, 0.25) is 0 Å². The number of rotatable bonds is 7. The van der Waals surface area contributed by atoms with Gasteiger partial charge in [0.15, 0.2) is 5.92 Å². The average Bonchev–Trinajstić information content (AvgIpc) is 2.64. The number of nitrogens with zero attached hydrogens (tertiary/aromatic N) is 1. The molecule has 0 aromatic heterocycles. The summed E-state index contributed by atoms with van der Waals surface area (Å²) in [5, 5.41) is 5.23. The van der Waals surface area contributed by atoms with E-state index in [2.05, 4.69) is 17.2 Å². The van der Waals surface area contributed by atoms with Crippen molar-refractivity contribution in [2.45, 2.75) is 6.92 Å². The smallest absolute Gasteiger partial charge is 0.331 e. The van der Waals surface area contributed by atoms with Crippen LogP contribution in [0.15, 0.2) is 42.6 Å². The highest BCUT2D eigenvalue weighted by Crippen LogP contribution is 2.31. The molecule has 138 valence electrons. The highest BCUT2D eigenvalue weighted by molar-refractivity contribution is 6.18. The van der Waals surface area contributed by atoms with E-state index in [9.17, 15) is 14.4 Å². The minimum absolute atomic E-state index is 0.0112.